The molecule has 1 rings (SSSR count). The van der Waals surface area contributed by atoms with Gasteiger partial charge in [-0.05, 0) is 31.6 Å². The van der Waals surface area contributed by atoms with Crippen LogP contribution in [-0.2, 0) is 6.54 Å². The van der Waals surface area contributed by atoms with E-state index in [1.54, 1.807) is 12.1 Å². The summed E-state index contributed by atoms with van der Waals surface area (Å²) in [5.74, 6) is 0.292. The van der Waals surface area contributed by atoms with Crippen molar-refractivity contribution in [2.75, 3.05) is 26.7 Å². The first-order chi connectivity index (χ1) is 10.0. The molecule has 0 aromatic heterocycles. The molecule has 118 valence electrons. The molecule has 1 aromatic carbocycles. The Bertz CT molecular complexity index is 461. The summed E-state index contributed by atoms with van der Waals surface area (Å²) in [7, 11) is 1.44. The van der Waals surface area contributed by atoms with E-state index in [2.05, 4.69) is 31.0 Å². The Morgan fingerprint density at radius 1 is 1.38 bits per heavy atom. The third kappa shape index (κ3) is 5.32. The highest BCUT2D eigenvalue weighted by Crippen LogP contribution is 2.27. The average molecular weight is 295 g/mol. The van der Waals surface area contributed by atoms with Crippen molar-refractivity contribution in [1.82, 2.24) is 10.2 Å². The van der Waals surface area contributed by atoms with Crippen molar-refractivity contribution < 1.29 is 9.66 Å². The zero-order valence-corrected chi connectivity index (χ0v) is 13.3. The number of methoxy groups -OCH3 is 1. The van der Waals surface area contributed by atoms with Gasteiger partial charge in [0.2, 0.25) is 0 Å². The van der Waals surface area contributed by atoms with Crippen LogP contribution in [0.15, 0.2) is 18.2 Å². The van der Waals surface area contributed by atoms with E-state index in [1.807, 2.05) is 6.07 Å². The topological polar surface area (TPSA) is 67.6 Å². The maximum absolute atomic E-state index is 11.0. The van der Waals surface area contributed by atoms with Crippen molar-refractivity contribution in [1.29, 1.82) is 0 Å². The van der Waals surface area contributed by atoms with Gasteiger partial charge in [-0.3, -0.25) is 10.1 Å². The fourth-order valence-corrected chi connectivity index (χ4v) is 2.21. The lowest BCUT2D eigenvalue weighted by Crippen LogP contribution is -2.38. The molecule has 0 spiro atoms. The average Bonchev–Trinajstić information content (AvgIpc) is 2.50. The van der Waals surface area contributed by atoms with Crippen LogP contribution >= 0.6 is 0 Å². The Kier molecular flexibility index (Phi) is 7.11. The fraction of sp³-hybridized carbons (Fsp3) is 0.600. The van der Waals surface area contributed by atoms with Gasteiger partial charge in [0.15, 0.2) is 5.75 Å². The predicted molar refractivity (Wildman–Crippen MR) is 83.7 cm³/mol. The van der Waals surface area contributed by atoms with Gasteiger partial charge in [-0.25, -0.2) is 0 Å². The maximum atomic E-state index is 11.0. The second kappa shape index (κ2) is 8.59. The van der Waals surface area contributed by atoms with Crippen molar-refractivity contribution in [2.45, 2.75) is 33.4 Å². The first-order valence-corrected chi connectivity index (χ1v) is 7.28. The third-order valence-electron chi connectivity index (χ3n) is 3.52. The molecule has 0 aliphatic rings. The molecule has 1 aromatic rings. The second-order valence-electron chi connectivity index (χ2n) is 5.03. The first-order valence-electron chi connectivity index (χ1n) is 7.28. The molecule has 0 saturated carbocycles. The number of likely N-dealkylation sites (N-methyl/N-ethyl adjacent to an activating group) is 1. The Morgan fingerprint density at radius 2 is 2.05 bits per heavy atom. The highest BCUT2D eigenvalue weighted by Gasteiger charge is 2.15. The van der Waals surface area contributed by atoms with Gasteiger partial charge < -0.3 is 15.0 Å². The minimum atomic E-state index is -0.415. The van der Waals surface area contributed by atoms with Crippen LogP contribution in [-0.4, -0.2) is 42.6 Å². The molecule has 0 aliphatic heterocycles. The van der Waals surface area contributed by atoms with Gasteiger partial charge in [-0.15, -0.1) is 0 Å². The number of nitrogens with one attached hydrogen (secondary N) is 1. The van der Waals surface area contributed by atoms with Gasteiger partial charge >= 0.3 is 5.69 Å². The predicted octanol–water partition coefficient (Wildman–Crippen LogP) is 2.42. The van der Waals surface area contributed by atoms with E-state index in [1.165, 1.54) is 7.11 Å². The second-order valence-corrected chi connectivity index (χ2v) is 5.03. The van der Waals surface area contributed by atoms with Gasteiger partial charge in [0.1, 0.15) is 0 Å². The summed E-state index contributed by atoms with van der Waals surface area (Å²) in [5, 5.41) is 14.4. The first kappa shape index (κ1) is 17.4. The van der Waals surface area contributed by atoms with Gasteiger partial charge in [-0.1, -0.05) is 19.9 Å². The molecule has 1 unspecified atom stereocenters. The van der Waals surface area contributed by atoms with Crippen molar-refractivity contribution in [2.24, 2.45) is 0 Å². The van der Waals surface area contributed by atoms with Crippen LogP contribution < -0.4 is 10.1 Å². The Hall–Kier alpha value is -1.66. The van der Waals surface area contributed by atoms with Crippen LogP contribution in [0.2, 0.25) is 0 Å². The lowest BCUT2D eigenvalue weighted by molar-refractivity contribution is -0.385. The quantitative estimate of drug-likeness (QED) is 0.560. The molecule has 0 saturated heterocycles. The monoisotopic (exact) mass is 295 g/mol. The molecule has 21 heavy (non-hydrogen) atoms. The highest BCUT2D eigenvalue weighted by atomic mass is 16.6. The molecule has 0 amide bonds. The van der Waals surface area contributed by atoms with Gasteiger partial charge in [0.05, 0.1) is 12.0 Å². The number of rotatable bonds is 9. The number of nitro benzene ring substituents is 1. The highest BCUT2D eigenvalue weighted by molar-refractivity contribution is 5.48. The van der Waals surface area contributed by atoms with E-state index < -0.39 is 4.92 Å². The van der Waals surface area contributed by atoms with E-state index in [0.717, 1.165) is 25.2 Å². The number of nitro groups is 1. The molecule has 0 radical (unpaired) electrons. The number of hydrogen-bond acceptors (Lipinski definition) is 5. The summed E-state index contributed by atoms with van der Waals surface area (Å²) in [6.07, 6.45) is 0. The van der Waals surface area contributed by atoms with Crippen LogP contribution in [0.5, 0.6) is 5.75 Å². The zero-order valence-electron chi connectivity index (χ0n) is 13.3. The van der Waals surface area contributed by atoms with Crippen LogP contribution in [0.25, 0.3) is 0 Å². The number of ether oxygens (including phenoxy) is 1. The van der Waals surface area contributed by atoms with Crippen LogP contribution in [0.4, 0.5) is 5.69 Å². The molecule has 0 heterocycles. The Labute approximate surface area is 126 Å². The molecule has 0 aliphatic carbocycles. The van der Waals surface area contributed by atoms with E-state index in [-0.39, 0.29) is 5.69 Å². The normalized spacial score (nSPS) is 12.4. The maximum Gasteiger partial charge on any atom is 0.311 e. The Balaban J connectivity index is 2.63. The van der Waals surface area contributed by atoms with Crippen molar-refractivity contribution in [3.63, 3.8) is 0 Å². The molecular formula is C15H25N3O3. The van der Waals surface area contributed by atoms with Gasteiger partial charge in [0, 0.05) is 25.2 Å². The van der Waals surface area contributed by atoms with E-state index in [4.69, 9.17) is 4.74 Å². The van der Waals surface area contributed by atoms with Gasteiger partial charge in [-0.2, -0.15) is 0 Å². The van der Waals surface area contributed by atoms with E-state index in [0.29, 0.717) is 18.3 Å². The van der Waals surface area contributed by atoms with Crippen LogP contribution in [0.3, 0.4) is 0 Å². The zero-order chi connectivity index (χ0) is 15.8. The fourth-order valence-electron chi connectivity index (χ4n) is 2.21. The van der Waals surface area contributed by atoms with E-state index >= 15 is 0 Å². The summed E-state index contributed by atoms with van der Waals surface area (Å²) < 4.78 is 5.00. The van der Waals surface area contributed by atoms with Crippen molar-refractivity contribution >= 4 is 5.69 Å². The largest absolute Gasteiger partial charge is 0.490 e. The number of hydrogen-bond donors (Lipinski definition) is 1. The van der Waals surface area contributed by atoms with Crippen LogP contribution in [0.1, 0.15) is 26.3 Å². The summed E-state index contributed by atoms with van der Waals surface area (Å²) >= 11 is 0. The molecule has 0 fully saturated rings. The molecule has 0 bridgehead atoms. The minimum Gasteiger partial charge on any atom is -0.490 e. The van der Waals surface area contributed by atoms with Crippen LogP contribution in [0, 0.1) is 10.1 Å². The molecule has 6 heteroatoms. The molecular weight excluding hydrogens is 270 g/mol. The number of benzene rings is 1. The standard InChI is InChI=1S/C15H25N3O3/c1-5-17(6-2)11-12(3)16-10-13-7-8-15(21-4)14(9-13)18(19)20/h7-9,12,16H,5-6,10-11H2,1-4H3. The van der Waals surface area contributed by atoms with Crippen molar-refractivity contribution in [3.8, 4) is 5.75 Å². The molecule has 6 nitrogen and oxygen atoms in total. The minimum absolute atomic E-state index is 0.00759. The smallest absolute Gasteiger partial charge is 0.311 e. The third-order valence-corrected chi connectivity index (χ3v) is 3.52. The molecule has 1 atom stereocenters. The SMILES string of the molecule is CCN(CC)CC(C)NCc1ccc(OC)c([N+](=O)[O-])c1. The summed E-state index contributed by atoms with van der Waals surface area (Å²) in [5.41, 5.74) is 0.891. The summed E-state index contributed by atoms with van der Waals surface area (Å²) in [4.78, 5) is 12.9. The van der Waals surface area contributed by atoms with Gasteiger partial charge in [0.25, 0.3) is 0 Å². The Morgan fingerprint density at radius 3 is 2.57 bits per heavy atom. The lowest BCUT2D eigenvalue weighted by atomic mass is 10.1. The lowest BCUT2D eigenvalue weighted by Gasteiger charge is -2.23. The summed E-state index contributed by atoms with van der Waals surface area (Å²) in [6.45, 7) is 10.0. The van der Waals surface area contributed by atoms with E-state index in [9.17, 15) is 10.1 Å². The molecule has 1 N–H and O–H groups in total. The number of nitrogens with zero attached hydrogens (tertiary/aromatic N) is 2. The summed E-state index contributed by atoms with van der Waals surface area (Å²) in [6, 6.07) is 5.38. The van der Waals surface area contributed by atoms with Crippen molar-refractivity contribution in [3.05, 3.63) is 33.9 Å².